The van der Waals surface area contributed by atoms with E-state index in [0.29, 0.717) is 11.1 Å². The van der Waals surface area contributed by atoms with Gasteiger partial charge in [-0.25, -0.2) is 0 Å². The molecule has 0 bridgehead atoms. The third-order valence-electron chi connectivity index (χ3n) is 4.58. The van der Waals surface area contributed by atoms with E-state index in [1.165, 1.54) is 17.7 Å². The Hall–Kier alpha value is -3.65. The van der Waals surface area contributed by atoms with Gasteiger partial charge in [-0.15, -0.1) is 0 Å². The predicted octanol–water partition coefficient (Wildman–Crippen LogP) is 5.13. The van der Waals surface area contributed by atoms with Crippen molar-refractivity contribution in [2.24, 2.45) is 0 Å². The number of nitrogens with zero attached hydrogens (tertiary/aromatic N) is 3. The fourth-order valence-electron chi connectivity index (χ4n) is 3.11. The molecule has 0 fully saturated rings. The Bertz CT molecular complexity index is 1060. The predicted molar refractivity (Wildman–Crippen MR) is 106 cm³/mol. The Balaban J connectivity index is 1.98. The van der Waals surface area contributed by atoms with Gasteiger partial charge in [-0.2, -0.15) is 5.26 Å². The van der Waals surface area contributed by atoms with Crippen LogP contribution in [0.1, 0.15) is 28.1 Å². The van der Waals surface area contributed by atoms with Gasteiger partial charge in [0.2, 0.25) is 0 Å². The lowest BCUT2D eigenvalue weighted by Crippen LogP contribution is -2.03. The van der Waals surface area contributed by atoms with E-state index in [2.05, 4.69) is 22.8 Å². The molecule has 3 aromatic rings. The number of nitriles is 1. The maximum absolute atomic E-state index is 11.0. The summed E-state index contributed by atoms with van der Waals surface area (Å²) in [6, 6.07) is 20.5. The van der Waals surface area contributed by atoms with Crippen molar-refractivity contribution in [3.8, 4) is 6.07 Å². The Morgan fingerprint density at radius 2 is 1.89 bits per heavy atom. The molecule has 0 saturated carbocycles. The quantitative estimate of drug-likeness (QED) is 0.361. The van der Waals surface area contributed by atoms with Crippen molar-refractivity contribution >= 4 is 17.3 Å². The van der Waals surface area contributed by atoms with Crippen LogP contribution in [0.5, 0.6) is 0 Å². The molecule has 5 nitrogen and oxygen atoms in total. The molecular weight excluding hydrogens is 338 g/mol. The van der Waals surface area contributed by atoms with Crippen molar-refractivity contribution in [1.29, 1.82) is 5.26 Å². The number of nitro benzene ring substituents is 1. The highest BCUT2D eigenvalue weighted by molar-refractivity contribution is 5.90. The van der Waals surface area contributed by atoms with Crippen LogP contribution >= 0.6 is 0 Å². The van der Waals surface area contributed by atoms with Gasteiger partial charge in [-0.3, -0.25) is 10.1 Å². The Labute approximate surface area is 158 Å². The van der Waals surface area contributed by atoms with Gasteiger partial charge in [0.05, 0.1) is 16.6 Å². The fraction of sp³-hybridized carbons (Fsp3) is 0.136. The lowest BCUT2D eigenvalue weighted by atomic mass is 10.0. The van der Waals surface area contributed by atoms with E-state index in [0.717, 1.165) is 23.5 Å². The maximum atomic E-state index is 11.0. The van der Waals surface area contributed by atoms with Crippen LogP contribution in [-0.2, 0) is 6.54 Å². The molecule has 0 aliphatic heterocycles. The second-order valence-corrected chi connectivity index (χ2v) is 6.38. The Morgan fingerprint density at radius 3 is 2.56 bits per heavy atom. The zero-order valence-electron chi connectivity index (χ0n) is 15.2. The van der Waals surface area contributed by atoms with Crippen molar-refractivity contribution in [3.63, 3.8) is 0 Å². The normalized spacial score (nSPS) is 11.2. The fourth-order valence-corrected chi connectivity index (χ4v) is 3.11. The number of non-ortho nitro benzene ring substituents is 1. The number of rotatable bonds is 5. The summed E-state index contributed by atoms with van der Waals surface area (Å²) in [7, 11) is 0. The number of aryl methyl sites for hydroxylation is 1. The van der Waals surface area contributed by atoms with Crippen molar-refractivity contribution in [2.75, 3.05) is 0 Å². The summed E-state index contributed by atoms with van der Waals surface area (Å²) < 4.78 is 2.20. The number of hydrogen-bond acceptors (Lipinski definition) is 3. The summed E-state index contributed by atoms with van der Waals surface area (Å²) >= 11 is 0. The topological polar surface area (TPSA) is 71.9 Å². The van der Waals surface area contributed by atoms with E-state index < -0.39 is 4.92 Å². The molecule has 5 heteroatoms. The standard InChI is InChI=1S/C22H19N3O2/c1-16-11-20(17(2)24(16)15-18-7-4-3-5-8-18)12-21(14-23)19-9-6-10-22(13-19)25(26)27/h3-13H,15H2,1-2H3/b21-12-. The number of aromatic nitrogens is 1. The Morgan fingerprint density at radius 1 is 1.15 bits per heavy atom. The molecule has 3 rings (SSSR count). The molecular formula is C22H19N3O2. The Kier molecular flexibility index (Phi) is 5.18. The number of hydrogen-bond donors (Lipinski definition) is 0. The van der Waals surface area contributed by atoms with Gasteiger partial charge in [0.1, 0.15) is 0 Å². The summed E-state index contributed by atoms with van der Waals surface area (Å²) in [5.41, 5.74) is 5.20. The molecule has 0 spiro atoms. The molecule has 0 unspecified atom stereocenters. The van der Waals surface area contributed by atoms with Gasteiger partial charge in [-0.1, -0.05) is 42.5 Å². The van der Waals surface area contributed by atoms with Crippen LogP contribution in [0.25, 0.3) is 11.6 Å². The smallest absolute Gasteiger partial charge is 0.270 e. The van der Waals surface area contributed by atoms with Crippen LogP contribution in [0.15, 0.2) is 60.7 Å². The average Bonchev–Trinajstić information content (AvgIpc) is 2.94. The summed E-state index contributed by atoms with van der Waals surface area (Å²) in [6.07, 6.45) is 1.79. The van der Waals surface area contributed by atoms with Crippen LogP contribution in [0.2, 0.25) is 0 Å². The summed E-state index contributed by atoms with van der Waals surface area (Å²) in [6.45, 7) is 4.81. The van der Waals surface area contributed by atoms with Gasteiger partial charge in [0.25, 0.3) is 5.69 Å². The van der Waals surface area contributed by atoms with Crippen molar-refractivity contribution < 1.29 is 4.92 Å². The molecule has 0 amide bonds. The van der Waals surface area contributed by atoms with E-state index in [1.54, 1.807) is 18.2 Å². The zero-order valence-corrected chi connectivity index (χ0v) is 15.2. The van der Waals surface area contributed by atoms with Gasteiger partial charge >= 0.3 is 0 Å². The van der Waals surface area contributed by atoms with E-state index in [4.69, 9.17) is 0 Å². The highest BCUT2D eigenvalue weighted by atomic mass is 16.6. The minimum atomic E-state index is -0.454. The van der Waals surface area contributed by atoms with Crippen LogP contribution < -0.4 is 0 Å². The molecule has 27 heavy (non-hydrogen) atoms. The van der Waals surface area contributed by atoms with Crippen LogP contribution in [0, 0.1) is 35.3 Å². The molecule has 0 radical (unpaired) electrons. The first-order valence-electron chi connectivity index (χ1n) is 8.57. The second-order valence-electron chi connectivity index (χ2n) is 6.38. The first-order chi connectivity index (χ1) is 13.0. The molecule has 2 aromatic carbocycles. The van der Waals surface area contributed by atoms with E-state index in [-0.39, 0.29) is 5.69 Å². The third-order valence-corrected chi connectivity index (χ3v) is 4.58. The minimum Gasteiger partial charge on any atom is -0.344 e. The first-order valence-corrected chi connectivity index (χ1v) is 8.57. The molecule has 0 atom stereocenters. The second kappa shape index (κ2) is 7.71. The minimum absolute atomic E-state index is 0.0248. The van der Waals surface area contributed by atoms with E-state index in [9.17, 15) is 15.4 Å². The van der Waals surface area contributed by atoms with Crippen molar-refractivity contribution in [1.82, 2.24) is 4.57 Å². The SMILES string of the molecule is Cc1cc(/C=C(/C#N)c2cccc([N+](=O)[O-])c2)c(C)n1Cc1ccccc1. The van der Waals surface area contributed by atoms with Crippen molar-refractivity contribution in [3.05, 3.63) is 98.9 Å². The summed E-state index contributed by atoms with van der Waals surface area (Å²) in [4.78, 5) is 10.5. The largest absolute Gasteiger partial charge is 0.344 e. The highest BCUT2D eigenvalue weighted by Crippen LogP contribution is 2.25. The number of benzene rings is 2. The van der Waals surface area contributed by atoms with Crippen LogP contribution in [-0.4, -0.2) is 9.49 Å². The van der Waals surface area contributed by atoms with Gasteiger partial charge in [0, 0.05) is 30.1 Å². The lowest BCUT2D eigenvalue weighted by Gasteiger charge is -2.09. The van der Waals surface area contributed by atoms with E-state index >= 15 is 0 Å². The van der Waals surface area contributed by atoms with Crippen LogP contribution in [0.3, 0.4) is 0 Å². The average molecular weight is 357 g/mol. The van der Waals surface area contributed by atoms with Gasteiger partial charge in [-0.05, 0) is 42.7 Å². The molecule has 0 saturated heterocycles. The zero-order chi connectivity index (χ0) is 19.4. The van der Waals surface area contributed by atoms with Gasteiger partial charge < -0.3 is 4.57 Å². The molecule has 1 aromatic heterocycles. The molecule has 0 aliphatic carbocycles. The summed E-state index contributed by atoms with van der Waals surface area (Å²) in [5.74, 6) is 0. The molecule has 134 valence electrons. The monoisotopic (exact) mass is 357 g/mol. The molecule has 0 N–H and O–H groups in total. The maximum Gasteiger partial charge on any atom is 0.270 e. The highest BCUT2D eigenvalue weighted by Gasteiger charge is 2.12. The number of allylic oxidation sites excluding steroid dienone is 1. The van der Waals surface area contributed by atoms with Gasteiger partial charge in [0.15, 0.2) is 0 Å². The van der Waals surface area contributed by atoms with Crippen LogP contribution in [0.4, 0.5) is 5.69 Å². The number of nitro groups is 1. The lowest BCUT2D eigenvalue weighted by molar-refractivity contribution is -0.384. The van der Waals surface area contributed by atoms with E-state index in [1.807, 2.05) is 38.1 Å². The summed E-state index contributed by atoms with van der Waals surface area (Å²) in [5, 5.41) is 20.6. The molecule has 1 heterocycles. The third kappa shape index (κ3) is 3.96. The van der Waals surface area contributed by atoms with Crippen molar-refractivity contribution in [2.45, 2.75) is 20.4 Å². The first kappa shape index (κ1) is 18.2. The molecule has 0 aliphatic rings.